The average Bonchev–Trinajstić information content (AvgIpc) is 3.15. The highest BCUT2D eigenvalue weighted by atomic mass is 32.2. The number of halogens is 1. The van der Waals surface area contributed by atoms with Crippen LogP contribution >= 0.6 is 0 Å². The number of sulfonamides is 1. The lowest BCUT2D eigenvalue weighted by atomic mass is 10.1. The van der Waals surface area contributed by atoms with Crippen molar-refractivity contribution in [1.29, 1.82) is 0 Å². The molecule has 2 aliphatic heterocycles. The third kappa shape index (κ3) is 3.98. The fraction of sp³-hybridized carbons (Fsp3) is 0.526. The second-order valence-corrected chi connectivity index (χ2v) is 9.66. The molecule has 2 atom stereocenters. The molecular weight excluding hydrogens is 383 g/mol. The van der Waals surface area contributed by atoms with Crippen molar-refractivity contribution in [3.05, 3.63) is 53.4 Å². The number of ether oxygens (including phenoxy) is 1. The first-order valence-electron chi connectivity index (χ1n) is 9.37. The minimum absolute atomic E-state index is 0.0480. The molecule has 0 saturated carbocycles. The van der Waals surface area contributed by atoms with Crippen molar-refractivity contribution in [2.75, 3.05) is 25.4 Å². The monoisotopic (exact) mass is 408 g/mol. The zero-order chi connectivity index (χ0) is 19.9. The largest absolute Gasteiger partial charge is 0.374 e. The average molecular weight is 408 g/mol. The Morgan fingerprint density at radius 3 is 2.79 bits per heavy atom. The second-order valence-electron chi connectivity index (χ2n) is 7.62. The quantitative estimate of drug-likeness (QED) is 0.763. The molecule has 0 radical (unpaired) electrons. The van der Waals surface area contributed by atoms with Gasteiger partial charge in [0.25, 0.3) is 0 Å². The fourth-order valence-electron chi connectivity index (χ4n) is 4.08. The molecule has 2 saturated heterocycles. The van der Waals surface area contributed by atoms with E-state index in [0.717, 1.165) is 11.4 Å². The molecule has 9 heteroatoms. The van der Waals surface area contributed by atoms with Gasteiger partial charge in [0.15, 0.2) is 0 Å². The fourth-order valence-corrected chi connectivity index (χ4v) is 5.58. The van der Waals surface area contributed by atoms with Gasteiger partial charge in [-0.15, -0.1) is 0 Å². The van der Waals surface area contributed by atoms with Gasteiger partial charge in [-0.05, 0) is 30.2 Å². The first kappa shape index (κ1) is 19.5. The molecule has 3 heterocycles. The summed E-state index contributed by atoms with van der Waals surface area (Å²) in [4.78, 5) is 6.53. The Morgan fingerprint density at radius 2 is 2.07 bits per heavy atom. The Labute approximate surface area is 164 Å². The highest BCUT2D eigenvalue weighted by Crippen LogP contribution is 2.28. The second kappa shape index (κ2) is 7.55. The number of hydrogen-bond acceptors (Lipinski definition) is 5. The van der Waals surface area contributed by atoms with E-state index < -0.39 is 10.0 Å². The van der Waals surface area contributed by atoms with Gasteiger partial charge in [-0.25, -0.2) is 17.8 Å². The molecule has 2 aromatic rings. The van der Waals surface area contributed by atoms with E-state index in [1.54, 1.807) is 13.1 Å². The number of imidazole rings is 1. The smallest absolute Gasteiger partial charge is 0.217 e. The number of rotatable bonds is 4. The molecule has 0 unspecified atom stereocenters. The summed E-state index contributed by atoms with van der Waals surface area (Å²) in [6, 6.07) is 4.39. The van der Waals surface area contributed by atoms with Crippen LogP contribution in [0.25, 0.3) is 0 Å². The summed E-state index contributed by atoms with van der Waals surface area (Å²) in [7, 11) is -1.55. The maximum Gasteiger partial charge on any atom is 0.217 e. The molecule has 2 aliphatic rings. The third-order valence-electron chi connectivity index (χ3n) is 5.44. The number of fused-ring (bicyclic) bond motifs is 1. The van der Waals surface area contributed by atoms with E-state index in [9.17, 15) is 12.8 Å². The molecule has 1 aromatic carbocycles. The predicted octanol–water partition coefficient (Wildman–Crippen LogP) is 1.28. The van der Waals surface area contributed by atoms with Crippen LogP contribution in [0.1, 0.15) is 17.0 Å². The Kier molecular flexibility index (Phi) is 5.26. The van der Waals surface area contributed by atoms with E-state index in [0.29, 0.717) is 25.2 Å². The third-order valence-corrected chi connectivity index (χ3v) is 7.24. The van der Waals surface area contributed by atoms with E-state index in [-0.39, 0.29) is 36.9 Å². The number of benzene rings is 1. The van der Waals surface area contributed by atoms with Crippen LogP contribution < -0.4 is 0 Å². The summed E-state index contributed by atoms with van der Waals surface area (Å²) in [5, 5.41) is 0. The van der Waals surface area contributed by atoms with E-state index >= 15 is 0 Å². The van der Waals surface area contributed by atoms with E-state index in [1.165, 1.54) is 16.4 Å². The Hall–Kier alpha value is -1.81. The van der Waals surface area contributed by atoms with Gasteiger partial charge in [0.1, 0.15) is 11.6 Å². The molecule has 0 N–H and O–H groups in total. The molecule has 0 spiro atoms. The minimum Gasteiger partial charge on any atom is -0.374 e. The highest BCUT2D eigenvalue weighted by Gasteiger charge is 2.44. The molecule has 4 rings (SSSR count). The van der Waals surface area contributed by atoms with Crippen LogP contribution in [0, 0.1) is 12.7 Å². The van der Waals surface area contributed by atoms with Crippen LogP contribution in [0.2, 0.25) is 0 Å². The van der Waals surface area contributed by atoms with E-state index in [2.05, 4.69) is 9.88 Å². The molecule has 0 bridgehead atoms. The SMILES string of the molecule is Cc1cc(F)cc(CN2[C@@H]3CN(Cc4nccn4C)C[C@@H]3OCCS2(=O)=O)c1. The zero-order valence-electron chi connectivity index (χ0n) is 16.1. The van der Waals surface area contributed by atoms with Crippen molar-refractivity contribution in [2.24, 2.45) is 7.05 Å². The van der Waals surface area contributed by atoms with Gasteiger partial charge in [-0.2, -0.15) is 4.31 Å². The zero-order valence-corrected chi connectivity index (χ0v) is 16.9. The van der Waals surface area contributed by atoms with Gasteiger partial charge >= 0.3 is 0 Å². The van der Waals surface area contributed by atoms with Crippen LogP contribution in [-0.2, 0) is 34.9 Å². The Balaban J connectivity index is 1.58. The maximum absolute atomic E-state index is 13.8. The summed E-state index contributed by atoms with van der Waals surface area (Å²) in [6.45, 7) is 3.98. The van der Waals surface area contributed by atoms with Crippen molar-refractivity contribution < 1.29 is 17.5 Å². The molecule has 2 fully saturated rings. The van der Waals surface area contributed by atoms with Crippen molar-refractivity contribution in [1.82, 2.24) is 18.8 Å². The van der Waals surface area contributed by atoms with Crippen molar-refractivity contribution in [2.45, 2.75) is 32.2 Å². The van der Waals surface area contributed by atoms with Crippen LogP contribution in [-0.4, -0.2) is 64.8 Å². The van der Waals surface area contributed by atoms with Crippen LogP contribution in [0.3, 0.4) is 0 Å². The number of likely N-dealkylation sites (tertiary alicyclic amines) is 1. The first-order valence-corrected chi connectivity index (χ1v) is 11.0. The molecule has 1 aromatic heterocycles. The lowest BCUT2D eigenvalue weighted by Gasteiger charge is -2.28. The number of nitrogens with zero attached hydrogens (tertiary/aromatic N) is 4. The van der Waals surface area contributed by atoms with Crippen molar-refractivity contribution in [3.8, 4) is 0 Å². The molecule has 0 aliphatic carbocycles. The standard InChI is InChI=1S/C19H25FN4O3S/c1-14-7-15(9-16(20)8-14)10-24-17-11-23(13-19-21-3-4-22(19)2)12-18(17)27-5-6-28(24,25)26/h3-4,7-9,17-18H,5-6,10-13H2,1-2H3/t17-,18+/m1/s1. The van der Waals surface area contributed by atoms with Gasteiger partial charge in [0.05, 0.1) is 31.1 Å². The number of aryl methyl sites for hydroxylation is 2. The van der Waals surface area contributed by atoms with Gasteiger partial charge in [0, 0.05) is 39.1 Å². The molecule has 28 heavy (non-hydrogen) atoms. The lowest BCUT2D eigenvalue weighted by Crippen LogP contribution is -2.45. The van der Waals surface area contributed by atoms with E-state index in [1.807, 2.05) is 23.9 Å². The summed E-state index contributed by atoms with van der Waals surface area (Å²) < 4.78 is 49.0. The van der Waals surface area contributed by atoms with Crippen LogP contribution in [0.15, 0.2) is 30.6 Å². The lowest BCUT2D eigenvalue weighted by molar-refractivity contribution is 0.0457. The van der Waals surface area contributed by atoms with Crippen LogP contribution in [0.5, 0.6) is 0 Å². The van der Waals surface area contributed by atoms with Crippen molar-refractivity contribution >= 4 is 10.0 Å². The van der Waals surface area contributed by atoms with Gasteiger partial charge in [0.2, 0.25) is 10.0 Å². The summed E-state index contributed by atoms with van der Waals surface area (Å²) in [5.41, 5.74) is 1.43. The minimum atomic E-state index is -3.49. The van der Waals surface area contributed by atoms with Gasteiger partial charge in [-0.1, -0.05) is 6.07 Å². The molecule has 152 valence electrons. The molecule has 7 nitrogen and oxygen atoms in total. The topological polar surface area (TPSA) is 67.7 Å². The summed E-state index contributed by atoms with van der Waals surface area (Å²) in [6.07, 6.45) is 3.44. The maximum atomic E-state index is 13.8. The predicted molar refractivity (Wildman–Crippen MR) is 102 cm³/mol. The Bertz CT molecular complexity index is 942. The van der Waals surface area contributed by atoms with Gasteiger partial charge in [-0.3, -0.25) is 4.90 Å². The molecular formula is C19H25FN4O3S. The van der Waals surface area contributed by atoms with Crippen LogP contribution in [0.4, 0.5) is 4.39 Å². The number of aromatic nitrogens is 2. The molecule has 0 amide bonds. The summed E-state index contributed by atoms with van der Waals surface area (Å²) in [5.74, 6) is 0.526. The Morgan fingerprint density at radius 1 is 1.25 bits per heavy atom. The normalized spacial score (nSPS) is 25.5. The van der Waals surface area contributed by atoms with Gasteiger partial charge < -0.3 is 9.30 Å². The highest BCUT2D eigenvalue weighted by molar-refractivity contribution is 7.89. The first-order chi connectivity index (χ1) is 13.3. The van der Waals surface area contributed by atoms with E-state index in [4.69, 9.17) is 4.74 Å². The summed E-state index contributed by atoms with van der Waals surface area (Å²) >= 11 is 0. The number of hydrogen-bond donors (Lipinski definition) is 0. The van der Waals surface area contributed by atoms with Crippen molar-refractivity contribution in [3.63, 3.8) is 0 Å².